The van der Waals surface area contributed by atoms with E-state index in [0.717, 1.165) is 25.9 Å². The zero-order valence-corrected chi connectivity index (χ0v) is 10.5. The summed E-state index contributed by atoms with van der Waals surface area (Å²) in [4.78, 5) is 2.38. The van der Waals surface area contributed by atoms with Gasteiger partial charge in [-0.15, -0.1) is 0 Å². The molecule has 3 heteroatoms. The molecule has 3 N–H and O–H groups in total. The van der Waals surface area contributed by atoms with E-state index in [1.54, 1.807) is 0 Å². The molecule has 1 aromatic carbocycles. The molecule has 1 aliphatic heterocycles. The van der Waals surface area contributed by atoms with Crippen molar-refractivity contribution in [2.45, 2.75) is 25.9 Å². The van der Waals surface area contributed by atoms with Crippen LogP contribution < -0.4 is 10.6 Å². The Morgan fingerprint density at radius 1 is 1.47 bits per heavy atom. The van der Waals surface area contributed by atoms with E-state index in [1.165, 1.54) is 11.3 Å². The van der Waals surface area contributed by atoms with Crippen LogP contribution in [0.2, 0.25) is 0 Å². The third-order valence-electron chi connectivity index (χ3n) is 3.44. The highest BCUT2D eigenvalue weighted by molar-refractivity contribution is 5.55. The number of fused-ring (bicyclic) bond motifs is 1. The van der Waals surface area contributed by atoms with Gasteiger partial charge in [0.05, 0.1) is 6.10 Å². The molecule has 0 bridgehead atoms. The number of nitrogens with zero attached hydrogens (tertiary/aromatic N) is 1. The van der Waals surface area contributed by atoms with Crippen molar-refractivity contribution in [1.29, 1.82) is 0 Å². The van der Waals surface area contributed by atoms with Gasteiger partial charge in [0, 0.05) is 25.3 Å². The summed E-state index contributed by atoms with van der Waals surface area (Å²) in [6.07, 6.45) is 1.53. The fourth-order valence-corrected chi connectivity index (χ4v) is 2.54. The minimum absolute atomic E-state index is 0.352. The average molecular weight is 234 g/mol. The lowest BCUT2D eigenvalue weighted by Gasteiger charge is -2.35. The standard InChI is InChI=1S/C14H22N2O/c1-11-8-12-4-2-3-5-14(12)16(10-11)7-6-13(17)9-15/h2-5,11,13,17H,6-10,15H2,1H3. The van der Waals surface area contributed by atoms with Gasteiger partial charge >= 0.3 is 0 Å². The third-order valence-corrected chi connectivity index (χ3v) is 3.44. The van der Waals surface area contributed by atoms with Crippen LogP contribution in [0.3, 0.4) is 0 Å². The molecule has 94 valence electrons. The Bertz CT molecular complexity index is 367. The molecule has 3 nitrogen and oxygen atoms in total. The van der Waals surface area contributed by atoms with Crippen molar-refractivity contribution in [3.05, 3.63) is 29.8 Å². The Hall–Kier alpha value is -1.06. The number of anilines is 1. The largest absolute Gasteiger partial charge is 0.392 e. The minimum atomic E-state index is -0.376. The first kappa shape index (κ1) is 12.4. The van der Waals surface area contributed by atoms with E-state index < -0.39 is 0 Å². The van der Waals surface area contributed by atoms with Crippen molar-refractivity contribution in [2.24, 2.45) is 11.7 Å². The number of aliphatic hydroxyl groups is 1. The summed E-state index contributed by atoms with van der Waals surface area (Å²) in [5.41, 5.74) is 8.19. The summed E-state index contributed by atoms with van der Waals surface area (Å²) in [5.74, 6) is 0.680. The first-order chi connectivity index (χ1) is 8.20. The second kappa shape index (κ2) is 5.52. The molecule has 1 heterocycles. The van der Waals surface area contributed by atoms with Gasteiger partial charge in [-0.25, -0.2) is 0 Å². The Morgan fingerprint density at radius 2 is 2.24 bits per heavy atom. The lowest BCUT2D eigenvalue weighted by atomic mass is 9.93. The van der Waals surface area contributed by atoms with Gasteiger partial charge in [0.15, 0.2) is 0 Å². The predicted molar refractivity (Wildman–Crippen MR) is 71.2 cm³/mol. The van der Waals surface area contributed by atoms with E-state index >= 15 is 0 Å². The van der Waals surface area contributed by atoms with Gasteiger partial charge < -0.3 is 15.7 Å². The molecule has 0 aliphatic carbocycles. The van der Waals surface area contributed by atoms with Crippen LogP contribution in [0.4, 0.5) is 5.69 Å². The van der Waals surface area contributed by atoms with Crippen molar-refractivity contribution >= 4 is 5.69 Å². The van der Waals surface area contributed by atoms with Crippen molar-refractivity contribution in [3.8, 4) is 0 Å². The van der Waals surface area contributed by atoms with Gasteiger partial charge in [0.1, 0.15) is 0 Å². The van der Waals surface area contributed by atoms with Crippen molar-refractivity contribution in [1.82, 2.24) is 0 Å². The van der Waals surface area contributed by atoms with Crippen molar-refractivity contribution in [3.63, 3.8) is 0 Å². The number of hydrogen-bond acceptors (Lipinski definition) is 3. The van der Waals surface area contributed by atoms with Crippen LogP contribution in [0.1, 0.15) is 18.9 Å². The van der Waals surface area contributed by atoms with E-state index in [-0.39, 0.29) is 6.10 Å². The predicted octanol–water partition coefficient (Wildman–Crippen LogP) is 1.39. The Balaban J connectivity index is 2.07. The number of benzene rings is 1. The molecule has 0 saturated heterocycles. The van der Waals surface area contributed by atoms with Crippen LogP contribution in [-0.2, 0) is 6.42 Å². The molecule has 0 fully saturated rings. The molecule has 0 radical (unpaired) electrons. The van der Waals surface area contributed by atoms with Gasteiger partial charge in [-0.1, -0.05) is 25.1 Å². The van der Waals surface area contributed by atoms with Gasteiger partial charge in [0.2, 0.25) is 0 Å². The molecular formula is C14H22N2O. The second-order valence-corrected chi connectivity index (χ2v) is 5.06. The zero-order chi connectivity index (χ0) is 12.3. The monoisotopic (exact) mass is 234 g/mol. The third kappa shape index (κ3) is 2.99. The number of nitrogens with two attached hydrogens (primary N) is 1. The lowest BCUT2D eigenvalue weighted by Crippen LogP contribution is -2.37. The van der Waals surface area contributed by atoms with E-state index in [1.807, 2.05) is 0 Å². The highest BCUT2D eigenvalue weighted by Crippen LogP contribution is 2.29. The summed E-state index contributed by atoms with van der Waals surface area (Å²) in [5, 5.41) is 9.55. The summed E-state index contributed by atoms with van der Waals surface area (Å²) in [6, 6.07) is 8.57. The van der Waals surface area contributed by atoms with Gasteiger partial charge in [0.25, 0.3) is 0 Å². The fraction of sp³-hybridized carbons (Fsp3) is 0.571. The van der Waals surface area contributed by atoms with Crippen LogP contribution in [-0.4, -0.2) is 30.8 Å². The summed E-state index contributed by atoms with van der Waals surface area (Å²) >= 11 is 0. The number of hydrogen-bond donors (Lipinski definition) is 2. The normalized spacial score (nSPS) is 21.1. The molecule has 2 unspecified atom stereocenters. The van der Waals surface area contributed by atoms with Crippen LogP contribution >= 0.6 is 0 Å². The van der Waals surface area contributed by atoms with Crippen LogP contribution in [0, 0.1) is 5.92 Å². The highest BCUT2D eigenvalue weighted by atomic mass is 16.3. The van der Waals surface area contributed by atoms with Crippen molar-refractivity contribution < 1.29 is 5.11 Å². The number of rotatable bonds is 4. The Kier molecular flexibility index (Phi) is 4.02. The SMILES string of the molecule is CC1Cc2ccccc2N(CCC(O)CN)C1. The van der Waals surface area contributed by atoms with Crippen LogP contribution in [0.25, 0.3) is 0 Å². The molecule has 0 spiro atoms. The van der Waals surface area contributed by atoms with Gasteiger partial charge in [-0.2, -0.15) is 0 Å². The molecule has 2 rings (SSSR count). The average Bonchev–Trinajstić information content (AvgIpc) is 2.35. The number of para-hydroxylation sites is 1. The smallest absolute Gasteiger partial charge is 0.0679 e. The number of aliphatic hydroxyl groups excluding tert-OH is 1. The molecule has 1 aromatic rings. The Morgan fingerprint density at radius 3 is 3.00 bits per heavy atom. The van der Waals surface area contributed by atoms with Gasteiger partial charge in [-0.05, 0) is 30.4 Å². The molecule has 0 amide bonds. The molecular weight excluding hydrogens is 212 g/mol. The second-order valence-electron chi connectivity index (χ2n) is 5.06. The maximum Gasteiger partial charge on any atom is 0.0679 e. The molecule has 2 atom stereocenters. The van der Waals surface area contributed by atoms with Crippen LogP contribution in [0.5, 0.6) is 0 Å². The van der Waals surface area contributed by atoms with E-state index in [2.05, 4.69) is 36.1 Å². The first-order valence-corrected chi connectivity index (χ1v) is 6.41. The molecule has 0 saturated carbocycles. The first-order valence-electron chi connectivity index (χ1n) is 6.41. The maximum atomic E-state index is 9.55. The van der Waals surface area contributed by atoms with Gasteiger partial charge in [-0.3, -0.25) is 0 Å². The Labute approximate surface area is 103 Å². The lowest BCUT2D eigenvalue weighted by molar-refractivity contribution is 0.174. The fourth-order valence-electron chi connectivity index (χ4n) is 2.54. The zero-order valence-electron chi connectivity index (χ0n) is 10.5. The molecule has 1 aliphatic rings. The minimum Gasteiger partial charge on any atom is -0.392 e. The summed E-state index contributed by atoms with van der Waals surface area (Å²) < 4.78 is 0. The van der Waals surface area contributed by atoms with Crippen LogP contribution in [0.15, 0.2) is 24.3 Å². The molecule has 17 heavy (non-hydrogen) atoms. The summed E-state index contributed by atoms with van der Waals surface area (Å²) in [7, 11) is 0. The van der Waals surface area contributed by atoms with E-state index in [0.29, 0.717) is 12.5 Å². The molecule has 0 aromatic heterocycles. The van der Waals surface area contributed by atoms with E-state index in [9.17, 15) is 5.11 Å². The van der Waals surface area contributed by atoms with Crippen molar-refractivity contribution in [2.75, 3.05) is 24.5 Å². The highest BCUT2D eigenvalue weighted by Gasteiger charge is 2.21. The quantitative estimate of drug-likeness (QED) is 0.828. The maximum absolute atomic E-state index is 9.55. The van der Waals surface area contributed by atoms with E-state index in [4.69, 9.17) is 5.73 Å². The topological polar surface area (TPSA) is 49.5 Å². The summed E-state index contributed by atoms with van der Waals surface area (Å²) in [6.45, 7) is 4.60.